The molecule has 2 aromatic carbocycles. The summed E-state index contributed by atoms with van der Waals surface area (Å²) >= 11 is 0. The molecule has 0 bridgehead atoms. The van der Waals surface area contributed by atoms with Crippen molar-refractivity contribution >= 4 is 21.3 Å². The van der Waals surface area contributed by atoms with E-state index < -0.39 is 15.3 Å². The Morgan fingerprint density at radius 3 is 2.34 bits per heavy atom. The summed E-state index contributed by atoms with van der Waals surface area (Å²) in [7, 11) is -3.20. The third-order valence-electron chi connectivity index (χ3n) is 11.1. The van der Waals surface area contributed by atoms with E-state index >= 15 is 0 Å². The number of benzene rings is 2. The van der Waals surface area contributed by atoms with Crippen LogP contribution in [-0.2, 0) is 20.0 Å². The Morgan fingerprint density at radius 2 is 1.73 bits per heavy atom. The fraction of sp³-hybridized carbons (Fsp3) is 0.556. The molecule has 2 aliphatic heterocycles. The summed E-state index contributed by atoms with van der Waals surface area (Å²) in [4.78, 5) is 17.6. The SMILES string of the molecule is C=CC(=O)C[C@H]1CCC[C@@H]1[C@](C#N)(c1cccc(F)c1)C1CCN(CC2CN(c3ccc(S(=O)(=O)C4CCC4)cc3)C2)CC1. The lowest BCUT2D eigenvalue weighted by Crippen LogP contribution is -2.54. The van der Waals surface area contributed by atoms with Crippen molar-refractivity contribution in [3.63, 3.8) is 0 Å². The zero-order valence-corrected chi connectivity index (χ0v) is 26.4. The molecule has 2 aromatic rings. The third-order valence-corrected chi connectivity index (χ3v) is 13.4. The van der Waals surface area contributed by atoms with Gasteiger partial charge < -0.3 is 9.80 Å². The van der Waals surface area contributed by atoms with E-state index in [0.717, 1.165) is 95.3 Å². The lowest BCUT2D eigenvalue weighted by atomic mass is 9.57. The van der Waals surface area contributed by atoms with Crippen molar-refractivity contribution < 1.29 is 17.6 Å². The minimum Gasteiger partial charge on any atom is -0.371 e. The van der Waals surface area contributed by atoms with Gasteiger partial charge in [0.1, 0.15) is 5.82 Å². The molecule has 6 rings (SSSR count). The van der Waals surface area contributed by atoms with E-state index in [1.54, 1.807) is 24.3 Å². The smallest absolute Gasteiger partial charge is 0.181 e. The number of carbonyl (C=O) groups excluding carboxylic acids is 1. The van der Waals surface area contributed by atoms with Crippen molar-refractivity contribution in [1.29, 1.82) is 5.26 Å². The van der Waals surface area contributed by atoms with Gasteiger partial charge in [0.05, 0.1) is 21.6 Å². The first-order valence-corrected chi connectivity index (χ1v) is 17.9. The van der Waals surface area contributed by atoms with E-state index in [2.05, 4.69) is 22.4 Å². The summed E-state index contributed by atoms with van der Waals surface area (Å²) in [6.07, 6.45) is 8.86. The third kappa shape index (κ3) is 5.86. The molecule has 234 valence electrons. The number of anilines is 1. The lowest BCUT2D eigenvalue weighted by Gasteiger charge is -2.48. The Hall–Kier alpha value is -3.02. The van der Waals surface area contributed by atoms with Gasteiger partial charge in [-0.1, -0.05) is 31.6 Å². The molecule has 0 N–H and O–H groups in total. The molecule has 6 nitrogen and oxygen atoms in total. The molecule has 0 radical (unpaired) electrons. The predicted octanol–water partition coefficient (Wildman–Crippen LogP) is 6.32. The highest BCUT2D eigenvalue weighted by Gasteiger charge is 2.52. The molecule has 2 saturated carbocycles. The van der Waals surface area contributed by atoms with Gasteiger partial charge in [0.25, 0.3) is 0 Å². The van der Waals surface area contributed by atoms with Gasteiger partial charge in [0.2, 0.25) is 0 Å². The maximum Gasteiger partial charge on any atom is 0.181 e. The molecule has 8 heteroatoms. The van der Waals surface area contributed by atoms with Gasteiger partial charge in [0, 0.05) is 37.7 Å². The second-order valence-electron chi connectivity index (χ2n) is 13.6. The number of sulfone groups is 1. The molecule has 2 aliphatic carbocycles. The first-order chi connectivity index (χ1) is 21.2. The maximum absolute atomic E-state index is 14.6. The zero-order chi connectivity index (χ0) is 30.9. The van der Waals surface area contributed by atoms with Crippen LogP contribution in [0.1, 0.15) is 63.4 Å². The van der Waals surface area contributed by atoms with Gasteiger partial charge >= 0.3 is 0 Å². The number of carbonyl (C=O) groups is 1. The van der Waals surface area contributed by atoms with E-state index in [1.807, 2.05) is 18.2 Å². The summed E-state index contributed by atoms with van der Waals surface area (Å²) in [5, 5.41) is 10.7. The molecule has 4 fully saturated rings. The number of nitriles is 1. The van der Waals surface area contributed by atoms with Crippen LogP contribution in [0, 0.1) is 40.8 Å². The van der Waals surface area contributed by atoms with Crippen molar-refractivity contribution in [2.45, 2.75) is 73.3 Å². The van der Waals surface area contributed by atoms with Crippen LogP contribution in [0.5, 0.6) is 0 Å². The molecular weight excluding hydrogens is 573 g/mol. The summed E-state index contributed by atoms with van der Waals surface area (Å²) < 4.78 is 40.0. The summed E-state index contributed by atoms with van der Waals surface area (Å²) in [6, 6.07) is 16.8. The van der Waals surface area contributed by atoms with Crippen LogP contribution in [-0.4, -0.2) is 57.1 Å². The van der Waals surface area contributed by atoms with Gasteiger partial charge in [-0.05, 0) is 117 Å². The van der Waals surface area contributed by atoms with Crippen LogP contribution in [0.15, 0.2) is 66.1 Å². The van der Waals surface area contributed by atoms with Crippen molar-refractivity contribution in [2.24, 2.45) is 23.7 Å². The van der Waals surface area contributed by atoms with Crippen LogP contribution in [0.4, 0.5) is 10.1 Å². The number of halogens is 1. The van der Waals surface area contributed by atoms with Crippen molar-refractivity contribution in [3.05, 3.63) is 72.6 Å². The highest BCUT2D eigenvalue weighted by Crippen LogP contribution is 2.53. The molecule has 0 spiro atoms. The second kappa shape index (κ2) is 12.8. The van der Waals surface area contributed by atoms with Gasteiger partial charge in [-0.15, -0.1) is 0 Å². The predicted molar refractivity (Wildman–Crippen MR) is 170 cm³/mol. The molecule has 0 amide bonds. The summed E-state index contributed by atoms with van der Waals surface area (Å²) in [6.45, 7) is 8.35. The second-order valence-corrected chi connectivity index (χ2v) is 15.8. The molecule has 4 aliphatic rings. The quantitative estimate of drug-likeness (QED) is 0.275. The van der Waals surface area contributed by atoms with Crippen molar-refractivity contribution in [2.75, 3.05) is 37.6 Å². The number of hydrogen-bond donors (Lipinski definition) is 0. The van der Waals surface area contributed by atoms with Crippen molar-refractivity contribution in [1.82, 2.24) is 4.90 Å². The largest absolute Gasteiger partial charge is 0.371 e. The van der Waals surface area contributed by atoms with E-state index in [0.29, 0.717) is 17.2 Å². The van der Waals surface area contributed by atoms with Gasteiger partial charge in [-0.2, -0.15) is 5.26 Å². The van der Waals surface area contributed by atoms with E-state index in [9.17, 15) is 22.9 Å². The number of piperidine rings is 1. The average molecular weight is 618 g/mol. The first-order valence-electron chi connectivity index (χ1n) is 16.4. The number of hydrogen-bond acceptors (Lipinski definition) is 6. The number of ketones is 1. The Bertz CT molecular complexity index is 1500. The number of rotatable bonds is 11. The van der Waals surface area contributed by atoms with E-state index in [1.165, 1.54) is 12.1 Å². The zero-order valence-electron chi connectivity index (χ0n) is 25.5. The fourth-order valence-corrected chi connectivity index (χ4v) is 10.4. The Labute approximate surface area is 261 Å². The molecule has 0 unspecified atom stereocenters. The number of likely N-dealkylation sites (tertiary alicyclic amines) is 1. The van der Waals surface area contributed by atoms with Gasteiger partial charge in [-0.3, -0.25) is 4.79 Å². The standard InChI is InChI=1S/C36H44FN3O3S/c1-2-32(41)20-27-6-3-11-35(27)36(25-38,29-7-4-8-30(37)21-29)28-16-18-39(19-17-28)22-26-23-40(24-26)31-12-14-34(15-13-31)44(42,43)33-9-5-10-33/h2,4,7-8,12-15,21,26-28,33,35H,1,3,5-6,9-11,16-20,22-24H2/t27-,35+,36+/m1/s1. The molecule has 3 atom stereocenters. The van der Waals surface area contributed by atoms with Crippen LogP contribution in [0.25, 0.3) is 0 Å². The summed E-state index contributed by atoms with van der Waals surface area (Å²) in [5.41, 5.74) is 1.02. The first kappa shape index (κ1) is 31.0. The molecule has 2 saturated heterocycles. The van der Waals surface area contributed by atoms with Crippen LogP contribution in [0.2, 0.25) is 0 Å². The highest BCUT2D eigenvalue weighted by molar-refractivity contribution is 7.92. The lowest BCUT2D eigenvalue weighted by molar-refractivity contribution is -0.115. The molecule has 0 aromatic heterocycles. The van der Waals surface area contributed by atoms with E-state index in [-0.39, 0.29) is 34.6 Å². The minimum absolute atomic E-state index is 0.0186. The molecule has 2 heterocycles. The van der Waals surface area contributed by atoms with Crippen LogP contribution < -0.4 is 4.90 Å². The Balaban J connectivity index is 1.08. The van der Waals surface area contributed by atoms with Crippen LogP contribution >= 0.6 is 0 Å². The van der Waals surface area contributed by atoms with Gasteiger partial charge in [-0.25, -0.2) is 12.8 Å². The fourth-order valence-electron chi connectivity index (χ4n) is 8.51. The van der Waals surface area contributed by atoms with Gasteiger partial charge in [0.15, 0.2) is 15.6 Å². The normalized spacial score (nSPS) is 25.0. The molecular formula is C36H44FN3O3S. The monoisotopic (exact) mass is 617 g/mol. The minimum atomic E-state index is -3.20. The topological polar surface area (TPSA) is 81.5 Å². The Morgan fingerprint density at radius 1 is 1.02 bits per heavy atom. The number of nitrogens with zero attached hydrogens (tertiary/aromatic N) is 3. The Kier molecular flexibility index (Phi) is 8.99. The average Bonchev–Trinajstić information content (AvgIpc) is 3.43. The number of allylic oxidation sites excluding steroid dienone is 1. The molecule has 44 heavy (non-hydrogen) atoms. The van der Waals surface area contributed by atoms with Crippen molar-refractivity contribution in [3.8, 4) is 6.07 Å². The highest BCUT2D eigenvalue weighted by atomic mass is 32.2. The maximum atomic E-state index is 14.6. The summed E-state index contributed by atoms with van der Waals surface area (Å²) in [5.74, 6) is 0.466. The van der Waals surface area contributed by atoms with Crippen LogP contribution in [0.3, 0.4) is 0 Å². The van der Waals surface area contributed by atoms with E-state index in [4.69, 9.17) is 0 Å².